The third kappa shape index (κ3) is 3.63. The van der Waals surface area contributed by atoms with Gasteiger partial charge in [0.2, 0.25) is 10.0 Å². The van der Waals surface area contributed by atoms with E-state index in [1.54, 1.807) is 22.6 Å². The number of fused-ring (bicyclic) bond motifs is 1. The molecule has 0 saturated carbocycles. The summed E-state index contributed by atoms with van der Waals surface area (Å²) in [6.45, 7) is 2.97. The van der Waals surface area contributed by atoms with Crippen LogP contribution in [0.25, 0.3) is 10.9 Å². The molecule has 0 spiro atoms. The summed E-state index contributed by atoms with van der Waals surface area (Å²) in [6, 6.07) is 9.77. The van der Waals surface area contributed by atoms with Crippen LogP contribution in [0.4, 0.5) is 0 Å². The molecular weight excluding hydrogens is 366 g/mol. The Morgan fingerprint density at radius 1 is 1.00 bits per heavy atom. The maximum atomic E-state index is 13.3. The largest absolute Gasteiger partial charge is 0.299 e. The fourth-order valence-corrected chi connectivity index (χ4v) is 6.71. The lowest BCUT2D eigenvalue weighted by atomic mass is 10.1. The molecular formula is C19H25N3O2S2. The van der Waals surface area contributed by atoms with Crippen molar-refractivity contribution in [3.63, 3.8) is 0 Å². The lowest BCUT2D eigenvalue weighted by Crippen LogP contribution is -2.41. The van der Waals surface area contributed by atoms with Crippen LogP contribution in [-0.4, -0.2) is 66.3 Å². The molecule has 7 heteroatoms. The first kappa shape index (κ1) is 18.2. The van der Waals surface area contributed by atoms with E-state index in [2.05, 4.69) is 9.88 Å². The van der Waals surface area contributed by atoms with Crippen LogP contribution in [0.2, 0.25) is 0 Å². The summed E-state index contributed by atoms with van der Waals surface area (Å²) >= 11 is 2.03. The molecule has 0 radical (unpaired) electrons. The molecule has 1 aromatic carbocycles. The van der Waals surface area contributed by atoms with Crippen LogP contribution < -0.4 is 0 Å². The van der Waals surface area contributed by atoms with E-state index >= 15 is 0 Å². The van der Waals surface area contributed by atoms with Crippen molar-refractivity contribution in [1.29, 1.82) is 0 Å². The lowest BCUT2D eigenvalue weighted by Gasteiger charge is -2.33. The minimum atomic E-state index is -3.53. The van der Waals surface area contributed by atoms with E-state index in [9.17, 15) is 8.42 Å². The van der Waals surface area contributed by atoms with Crippen molar-refractivity contribution >= 4 is 32.7 Å². The molecule has 2 aromatic rings. The van der Waals surface area contributed by atoms with Crippen molar-refractivity contribution in [3.8, 4) is 0 Å². The summed E-state index contributed by atoms with van der Waals surface area (Å²) < 4.78 is 28.3. The Kier molecular flexibility index (Phi) is 5.50. The van der Waals surface area contributed by atoms with Crippen molar-refractivity contribution in [2.24, 2.45) is 0 Å². The molecule has 0 N–H and O–H groups in total. The number of hydrogen-bond donors (Lipinski definition) is 0. The Morgan fingerprint density at radius 2 is 1.81 bits per heavy atom. The number of thioether (sulfide) groups is 1. The van der Waals surface area contributed by atoms with Crippen LogP contribution >= 0.6 is 11.8 Å². The predicted octanol–water partition coefficient (Wildman–Crippen LogP) is 2.83. The van der Waals surface area contributed by atoms with Gasteiger partial charge in [-0.3, -0.25) is 9.88 Å². The van der Waals surface area contributed by atoms with Gasteiger partial charge in [-0.2, -0.15) is 16.1 Å². The van der Waals surface area contributed by atoms with Gasteiger partial charge in [-0.15, -0.1) is 0 Å². The van der Waals surface area contributed by atoms with Gasteiger partial charge < -0.3 is 0 Å². The predicted molar refractivity (Wildman–Crippen MR) is 107 cm³/mol. The fourth-order valence-electron chi connectivity index (χ4n) is 3.99. The second kappa shape index (κ2) is 7.84. The van der Waals surface area contributed by atoms with E-state index in [0.717, 1.165) is 24.9 Å². The number of hydrogen-bond acceptors (Lipinski definition) is 5. The smallest absolute Gasteiger partial charge is 0.245 e. The molecule has 4 rings (SSSR count). The van der Waals surface area contributed by atoms with Gasteiger partial charge in [-0.1, -0.05) is 18.2 Å². The van der Waals surface area contributed by atoms with Gasteiger partial charge in [0.25, 0.3) is 0 Å². The van der Waals surface area contributed by atoms with Crippen LogP contribution in [0, 0.1) is 0 Å². The summed E-state index contributed by atoms with van der Waals surface area (Å²) in [5.74, 6) is 2.45. The molecule has 0 unspecified atom stereocenters. The number of para-hydroxylation sites is 1. The van der Waals surface area contributed by atoms with E-state index in [1.165, 1.54) is 24.3 Å². The maximum Gasteiger partial charge on any atom is 0.245 e. The number of pyridine rings is 1. The van der Waals surface area contributed by atoms with Crippen molar-refractivity contribution in [1.82, 2.24) is 14.2 Å². The third-order valence-electron chi connectivity index (χ3n) is 5.41. The zero-order chi connectivity index (χ0) is 18.0. The molecule has 2 fully saturated rings. The first-order valence-corrected chi connectivity index (χ1v) is 11.9. The van der Waals surface area contributed by atoms with Crippen molar-refractivity contribution < 1.29 is 8.42 Å². The van der Waals surface area contributed by atoms with Crippen molar-refractivity contribution in [2.45, 2.75) is 30.2 Å². The summed E-state index contributed by atoms with van der Waals surface area (Å²) in [4.78, 5) is 7.18. The SMILES string of the molecule is O=S(=O)(c1cccc2cccnc12)N1CCCN(C2CCSCC2)CC1. The summed E-state index contributed by atoms with van der Waals surface area (Å²) in [5.41, 5.74) is 0.570. The van der Waals surface area contributed by atoms with Gasteiger partial charge in [-0.25, -0.2) is 8.42 Å². The Morgan fingerprint density at radius 3 is 2.65 bits per heavy atom. The van der Waals surface area contributed by atoms with E-state index in [4.69, 9.17) is 0 Å². The van der Waals surface area contributed by atoms with E-state index in [-0.39, 0.29) is 0 Å². The van der Waals surface area contributed by atoms with Crippen LogP contribution in [0.3, 0.4) is 0 Å². The standard InChI is InChI=1S/C19H25N3O2S2/c23-26(24,18-6-1-4-16-5-2-9-20-19(16)18)22-11-3-10-21(12-13-22)17-7-14-25-15-8-17/h1-2,4-6,9,17H,3,7-8,10-15H2. The first-order chi connectivity index (χ1) is 12.7. The monoisotopic (exact) mass is 391 g/mol. The second-order valence-corrected chi connectivity index (χ2v) is 10.1. The molecule has 2 aliphatic rings. The van der Waals surface area contributed by atoms with Crippen LogP contribution in [0.15, 0.2) is 41.4 Å². The molecule has 0 aliphatic carbocycles. The summed E-state index contributed by atoms with van der Waals surface area (Å²) in [5, 5.41) is 0.865. The molecule has 0 atom stereocenters. The average Bonchev–Trinajstić information content (AvgIpc) is 2.95. The second-order valence-electron chi connectivity index (χ2n) is 6.97. The van der Waals surface area contributed by atoms with Crippen molar-refractivity contribution in [3.05, 3.63) is 36.5 Å². The fraction of sp³-hybridized carbons (Fsp3) is 0.526. The van der Waals surface area contributed by atoms with Crippen LogP contribution in [0.5, 0.6) is 0 Å². The Bertz CT molecular complexity index is 861. The molecule has 2 saturated heterocycles. The quantitative estimate of drug-likeness (QED) is 0.805. The summed E-state index contributed by atoms with van der Waals surface area (Å²) in [6.07, 6.45) is 5.00. The average molecular weight is 392 g/mol. The van der Waals surface area contributed by atoms with Gasteiger partial charge >= 0.3 is 0 Å². The molecule has 2 aliphatic heterocycles. The molecule has 0 amide bonds. The number of aromatic nitrogens is 1. The number of nitrogens with zero attached hydrogens (tertiary/aromatic N) is 3. The summed E-state index contributed by atoms with van der Waals surface area (Å²) in [7, 11) is -3.53. The normalized spacial score (nSPS) is 21.7. The minimum Gasteiger partial charge on any atom is -0.299 e. The highest BCUT2D eigenvalue weighted by Crippen LogP contribution is 2.27. The number of sulfonamides is 1. The Hall–Kier alpha value is -1.15. The molecule has 0 bridgehead atoms. The highest BCUT2D eigenvalue weighted by atomic mass is 32.2. The highest BCUT2D eigenvalue weighted by Gasteiger charge is 2.30. The third-order valence-corrected chi connectivity index (χ3v) is 8.39. The molecule has 3 heterocycles. The van der Waals surface area contributed by atoms with Crippen LogP contribution in [0.1, 0.15) is 19.3 Å². The lowest BCUT2D eigenvalue weighted by molar-refractivity contribution is 0.195. The van der Waals surface area contributed by atoms with Gasteiger partial charge in [0.05, 0.1) is 5.52 Å². The first-order valence-electron chi connectivity index (χ1n) is 9.32. The van der Waals surface area contributed by atoms with Crippen molar-refractivity contribution in [2.75, 3.05) is 37.7 Å². The van der Waals surface area contributed by atoms with Crippen LogP contribution in [-0.2, 0) is 10.0 Å². The highest BCUT2D eigenvalue weighted by molar-refractivity contribution is 7.99. The molecule has 26 heavy (non-hydrogen) atoms. The number of benzene rings is 1. The van der Waals surface area contributed by atoms with E-state index < -0.39 is 10.0 Å². The molecule has 140 valence electrons. The number of rotatable bonds is 3. The molecule has 1 aromatic heterocycles. The maximum absolute atomic E-state index is 13.3. The molecule has 5 nitrogen and oxygen atoms in total. The van der Waals surface area contributed by atoms with Gasteiger partial charge in [0.1, 0.15) is 4.90 Å². The van der Waals surface area contributed by atoms with E-state index in [0.29, 0.717) is 29.5 Å². The topological polar surface area (TPSA) is 53.5 Å². The Balaban J connectivity index is 1.56. The van der Waals surface area contributed by atoms with Gasteiger partial charge in [-0.05, 0) is 49.4 Å². The minimum absolute atomic E-state index is 0.332. The van der Waals surface area contributed by atoms with Gasteiger partial charge in [0.15, 0.2) is 0 Å². The van der Waals surface area contributed by atoms with E-state index in [1.807, 2.05) is 30.0 Å². The Labute approximate surface area is 159 Å². The van der Waals surface area contributed by atoms with Gasteiger partial charge in [0, 0.05) is 37.3 Å². The zero-order valence-corrected chi connectivity index (χ0v) is 16.5. The zero-order valence-electron chi connectivity index (χ0n) is 14.9.